The number of rotatable bonds is 6. The van der Waals surface area contributed by atoms with Crippen molar-refractivity contribution >= 4 is 29.2 Å². The standard InChI is InChI=1S/C26H26F2N6O3/c27-16-3-7-19(8-4-16)32-26(37)31-18-5-1-15(2-6-18)25(36)33-13-21-22(14-33)24(21)30-11-23(35)34-12-17(28)9-20(34)10-29/h1-8,17,20-22,24,30H,9,11-14H2,(H2,31,32,37). The summed E-state index contributed by atoms with van der Waals surface area (Å²) in [5, 5.41) is 17.6. The van der Waals surface area contributed by atoms with E-state index in [0.717, 1.165) is 0 Å². The highest BCUT2D eigenvalue weighted by atomic mass is 19.1. The molecule has 0 radical (unpaired) electrons. The van der Waals surface area contributed by atoms with Crippen LogP contribution in [0.1, 0.15) is 16.8 Å². The summed E-state index contributed by atoms with van der Waals surface area (Å²) in [6.07, 6.45) is -1.09. The predicted octanol–water partition coefficient (Wildman–Crippen LogP) is 2.59. The van der Waals surface area contributed by atoms with E-state index < -0.39 is 24.1 Å². The number of nitriles is 1. The predicted molar refractivity (Wildman–Crippen MR) is 131 cm³/mol. The van der Waals surface area contributed by atoms with Crippen molar-refractivity contribution in [1.29, 1.82) is 5.26 Å². The van der Waals surface area contributed by atoms with Crippen molar-refractivity contribution < 1.29 is 23.2 Å². The van der Waals surface area contributed by atoms with Gasteiger partial charge in [-0.05, 0) is 60.4 Å². The van der Waals surface area contributed by atoms with Crippen molar-refractivity contribution in [2.45, 2.75) is 24.7 Å². The second kappa shape index (κ2) is 10.1. The minimum atomic E-state index is -1.16. The third kappa shape index (κ3) is 5.39. The monoisotopic (exact) mass is 508 g/mol. The largest absolute Gasteiger partial charge is 0.338 e. The Kier molecular flexibility index (Phi) is 6.76. The number of fused-ring (bicyclic) bond motifs is 1. The van der Waals surface area contributed by atoms with E-state index in [1.54, 1.807) is 29.2 Å². The van der Waals surface area contributed by atoms with Gasteiger partial charge in [-0.1, -0.05) is 0 Å². The van der Waals surface area contributed by atoms with E-state index in [9.17, 15) is 23.2 Å². The number of hydrogen-bond acceptors (Lipinski definition) is 5. The van der Waals surface area contributed by atoms with Crippen LogP contribution < -0.4 is 16.0 Å². The molecule has 37 heavy (non-hydrogen) atoms. The number of anilines is 2. The van der Waals surface area contributed by atoms with Gasteiger partial charge in [-0.15, -0.1) is 0 Å². The Hall–Kier alpha value is -4.04. The zero-order valence-corrected chi connectivity index (χ0v) is 19.9. The maximum Gasteiger partial charge on any atom is 0.323 e. The highest BCUT2D eigenvalue weighted by Gasteiger charge is 2.56. The van der Waals surface area contributed by atoms with E-state index >= 15 is 0 Å². The van der Waals surface area contributed by atoms with E-state index in [0.29, 0.717) is 30.0 Å². The van der Waals surface area contributed by atoms with Crippen LogP contribution in [0.15, 0.2) is 48.5 Å². The number of carbonyl (C=O) groups is 3. The van der Waals surface area contributed by atoms with Crippen molar-refractivity contribution in [1.82, 2.24) is 15.1 Å². The average Bonchev–Trinajstić information content (AvgIpc) is 3.19. The molecule has 2 saturated heterocycles. The summed E-state index contributed by atoms with van der Waals surface area (Å²) in [4.78, 5) is 40.5. The van der Waals surface area contributed by atoms with Crippen LogP contribution in [0.5, 0.6) is 0 Å². The Labute approximate surface area is 212 Å². The molecule has 192 valence electrons. The molecule has 4 atom stereocenters. The molecule has 1 saturated carbocycles. The second-order valence-corrected chi connectivity index (χ2v) is 9.63. The molecule has 4 unspecified atom stereocenters. The van der Waals surface area contributed by atoms with Crippen molar-refractivity contribution in [2.24, 2.45) is 11.8 Å². The van der Waals surface area contributed by atoms with E-state index in [2.05, 4.69) is 16.0 Å². The first-order valence-corrected chi connectivity index (χ1v) is 12.1. The molecule has 2 aromatic carbocycles. The van der Waals surface area contributed by atoms with Crippen LogP contribution in [0.25, 0.3) is 0 Å². The molecule has 3 fully saturated rings. The molecule has 0 bridgehead atoms. The summed E-state index contributed by atoms with van der Waals surface area (Å²) < 4.78 is 26.5. The van der Waals surface area contributed by atoms with Crippen molar-refractivity contribution in [3.8, 4) is 6.07 Å². The Morgan fingerprint density at radius 1 is 0.946 bits per heavy atom. The van der Waals surface area contributed by atoms with Gasteiger partial charge in [-0.3, -0.25) is 9.59 Å². The van der Waals surface area contributed by atoms with E-state index in [1.807, 2.05) is 6.07 Å². The van der Waals surface area contributed by atoms with Gasteiger partial charge in [0.2, 0.25) is 5.91 Å². The van der Waals surface area contributed by atoms with E-state index in [-0.39, 0.29) is 49.2 Å². The highest BCUT2D eigenvalue weighted by Crippen LogP contribution is 2.45. The summed E-state index contributed by atoms with van der Waals surface area (Å²) >= 11 is 0. The van der Waals surface area contributed by atoms with Gasteiger partial charge in [0.15, 0.2) is 0 Å². The van der Waals surface area contributed by atoms with Crippen molar-refractivity contribution in [3.63, 3.8) is 0 Å². The first-order valence-electron chi connectivity index (χ1n) is 12.1. The number of alkyl halides is 1. The highest BCUT2D eigenvalue weighted by molar-refractivity contribution is 6.00. The van der Waals surface area contributed by atoms with Gasteiger partial charge >= 0.3 is 6.03 Å². The zero-order chi connectivity index (χ0) is 26.1. The number of hydrogen-bond donors (Lipinski definition) is 3. The number of amides is 4. The smallest absolute Gasteiger partial charge is 0.323 e. The number of halogens is 2. The maximum absolute atomic E-state index is 13.6. The molecule has 4 amide bonds. The molecule has 1 aliphatic carbocycles. The number of carbonyl (C=O) groups excluding carboxylic acids is 3. The van der Waals surface area contributed by atoms with Gasteiger partial charge in [0.25, 0.3) is 5.91 Å². The van der Waals surface area contributed by atoms with Gasteiger partial charge in [-0.2, -0.15) is 5.26 Å². The fraction of sp³-hybridized carbons (Fsp3) is 0.385. The fourth-order valence-corrected chi connectivity index (χ4v) is 5.19. The maximum atomic E-state index is 13.6. The third-order valence-corrected chi connectivity index (χ3v) is 7.18. The summed E-state index contributed by atoms with van der Waals surface area (Å²) in [6, 6.07) is 12.9. The lowest BCUT2D eigenvalue weighted by atomic mass is 10.1. The average molecular weight is 509 g/mol. The number of benzene rings is 2. The van der Waals surface area contributed by atoms with Crippen LogP contribution in [0.2, 0.25) is 0 Å². The molecule has 2 heterocycles. The van der Waals surface area contributed by atoms with Crippen LogP contribution in [0.3, 0.4) is 0 Å². The summed E-state index contributed by atoms with van der Waals surface area (Å²) in [5.74, 6) is -0.260. The second-order valence-electron chi connectivity index (χ2n) is 9.63. The third-order valence-electron chi connectivity index (χ3n) is 7.18. The Balaban J connectivity index is 1.06. The lowest BCUT2D eigenvalue weighted by Crippen LogP contribution is -2.43. The number of urea groups is 1. The van der Waals surface area contributed by atoms with Crippen LogP contribution in [-0.2, 0) is 4.79 Å². The van der Waals surface area contributed by atoms with Crippen LogP contribution >= 0.6 is 0 Å². The number of piperidine rings is 1. The van der Waals surface area contributed by atoms with Gasteiger partial charge < -0.3 is 25.8 Å². The molecule has 0 aromatic heterocycles. The SMILES string of the molecule is N#CC1CC(F)CN1C(=O)CNC1C2CN(C(=O)c3ccc(NC(=O)Nc4ccc(F)cc4)cc3)CC21. The Morgan fingerprint density at radius 3 is 2.14 bits per heavy atom. The first-order chi connectivity index (χ1) is 17.8. The van der Waals surface area contributed by atoms with Crippen LogP contribution in [-0.4, -0.2) is 72.1 Å². The minimum absolute atomic E-state index is 0.0359. The van der Waals surface area contributed by atoms with Crippen molar-refractivity contribution in [3.05, 3.63) is 59.9 Å². The number of nitrogens with one attached hydrogen (secondary N) is 3. The van der Waals surface area contributed by atoms with Gasteiger partial charge in [-0.25, -0.2) is 13.6 Å². The number of nitrogens with zero attached hydrogens (tertiary/aromatic N) is 3. The van der Waals surface area contributed by atoms with Gasteiger partial charge in [0.1, 0.15) is 18.0 Å². The Morgan fingerprint density at radius 2 is 1.54 bits per heavy atom. The molecule has 2 aliphatic heterocycles. The van der Waals surface area contributed by atoms with E-state index in [4.69, 9.17) is 5.26 Å². The summed E-state index contributed by atoms with van der Waals surface area (Å²) in [5.41, 5.74) is 1.46. The molecule has 5 rings (SSSR count). The first kappa shape index (κ1) is 24.6. The lowest BCUT2D eigenvalue weighted by Gasteiger charge is -2.22. The van der Waals surface area contributed by atoms with Crippen LogP contribution in [0, 0.1) is 29.0 Å². The van der Waals surface area contributed by atoms with E-state index in [1.165, 1.54) is 29.2 Å². The van der Waals surface area contributed by atoms with Crippen molar-refractivity contribution in [2.75, 3.05) is 36.8 Å². The van der Waals surface area contributed by atoms with Gasteiger partial charge in [0, 0.05) is 42.5 Å². The zero-order valence-electron chi connectivity index (χ0n) is 19.9. The summed E-state index contributed by atoms with van der Waals surface area (Å²) in [7, 11) is 0. The topological polar surface area (TPSA) is 118 Å². The lowest BCUT2D eigenvalue weighted by molar-refractivity contribution is -0.130. The van der Waals surface area contributed by atoms with Crippen LogP contribution in [0.4, 0.5) is 25.0 Å². The quantitative estimate of drug-likeness (QED) is 0.555. The Bertz CT molecular complexity index is 1220. The molecule has 11 heteroatoms. The van der Waals surface area contributed by atoms with Gasteiger partial charge in [0.05, 0.1) is 19.2 Å². The normalized spacial score (nSPS) is 25.8. The molecule has 0 spiro atoms. The summed E-state index contributed by atoms with van der Waals surface area (Å²) in [6.45, 7) is 1.17. The molecule has 3 N–H and O–H groups in total. The minimum Gasteiger partial charge on any atom is -0.338 e. The molecule has 3 aliphatic rings. The fourth-order valence-electron chi connectivity index (χ4n) is 5.19. The molecule has 2 aromatic rings. The number of likely N-dealkylation sites (tertiary alicyclic amines) is 2. The molecular formula is C26H26F2N6O3. The molecule has 9 nitrogen and oxygen atoms in total. The molecular weight excluding hydrogens is 482 g/mol.